The van der Waals surface area contributed by atoms with E-state index in [1.165, 1.54) is 18.9 Å². The van der Waals surface area contributed by atoms with Gasteiger partial charge in [0.1, 0.15) is 0 Å². The second-order valence-corrected chi connectivity index (χ2v) is 6.48. The highest BCUT2D eigenvalue weighted by Gasteiger charge is 2.19. The molecule has 0 saturated carbocycles. The van der Waals surface area contributed by atoms with Crippen molar-refractivity contribution in [2.24, 2.45) is 0 Å². The third-order valence-electron chi connectivity index (χ3n) is 3.88. The number of esters is 1. The van der Waals surface area contributed by atoms with Crippen molar-refractivity contribution in [3.63, 3.8) is 0 Å². The summed E-state index contributed by atoms with van der Waals surface area (Å²) in [4.78, 5) is 23.3. The van der Waals surface area contributed by atoms with Crippen molar-refractivity contribution in [3.8, 4) is 0 Å². The smallest absolute Gasteiger partial charge is 0.344 e. The highest BCUT2D eigenvalue weighted by Crippen LogP contribution is 2.22. The van der Waals surface area contributed by atoms with Crippen LogP contribution in [0.2, 0.25) is 0 Å². The van der Waals surface area contributed by atoms with Gasteiger partial charge in [0, 0.05) is 12.4 Å². The summed E-state index contributed by atoms with van der Waals surface area (Å²) in [6.07, 6.45) is 2.09. The molecule has 0 amide bonds. The number of aromatic nitrogens is 3. The molecule has 2 aromatic rings. The number of benzene rings is 1. The summed E-state index contributed by atoms with van der Waals surface area (Å²) in [6, 6.07) is 7.19. The highest BCUT2D eigenvalue weighted by molar-refractivity contribution is 7.98. The van der Waals surface area contributed by atoms with Crippen LogP contribution in [0.15, 0.2) is 34.2 Å². The van der Waals surface area contributed by atoms with Crippen LogP contribution in [-0.4, -0.2) is 40.6 Å². The van der Waals surface area contributed by atoms with Crippen LogP contribution in [0.1, 0.15) is 28.8 Å². The van der Waals surface area contributed by atoms with Gasteiger partial charge in [-0.25, -0.2) is 14.7 Å². The molecule has 0 spiro atoms. The van der Waals surface area contributed by atoms with Crippen molar-refractivity contribution in [3.05, 3.63) is 45.9 Å². The van der Waals surface area contributed by atoms with Gasteiger partial charge in [-0.05, 0) is 30.5 Å². The normalized spacial score (nSPS) is 17.1. The van der Waals surface area contributed by atoms with Gasteiger partial charge in [-0.15, -0.1) is 5.10 Å². The molecule has 1 aromatic carbocycles. The Bertz CT molecular complexity index is 747. The van der Waals surface area contributed by atoms with E-state index in [9.17, 15) is 9.59 Å². The van der Waals surface area contributed by atoms with E-state index in [1.54, 1.807) is 16.7 Å². The van der Waals surface area contributed by atoms with Crippen LogP contribution in [0, 0.1) is 0 Å². The van der Waals surface area contributed by atoms with E-state index in [-0.39, 0.29) is 17.8 Å². The molecule has 0 radical (unpaired) electrons. The maximum absolute atomic E-state index is 11.9. The van der Waals surface area contributed by atoms with Crippen LogP contribution in [-0.2, 0) is 21.8 Å². The van der Waals surface area contributed by atoms with Crippen molar-refractivity contribution in [1.29, 1.82) is 0 Å². The van der Waals surface area contributed by atoms with Gasteiger partial charge in [-0.1, -0.05) is 23.9 Å². The first-order valence-electron chi connectivity index (χ1n) is 7.74. The zero-order chi connectivity index (χ0) is 16.9. The molecule has 2 heterocycles. The Morgan fingerprint density at radius 2 is 2.25 bits per heavy atom. The molecule has 1 aromatic heterocycles. The second kappa shape index (κ2) is 7.67. The van der Waals surface area contributed by atoms with E-state index >= 15 is 0 Å². The van der Waals surface area contributed by atoms with Gasteiger partial charge in [0.2, 0.25) is 0 Å². The van der Waals surface area contributed by atoms with Gasteiger partial charge >= 0.3 is 11.7 Å². The maximum atomic E-state index is 11.9. The van der Waals surface area contributed by atoms with E-state index in [4.69, 9.17) is 4.74 Å². The van der Waals surface area contributed by atoms with Gasteiger partial charge in [0.15, 0.2) is 5.16 Å². The SMILES string of the molecule is COC(=O)c1ccc(CSc2n[nH]c(=O)n2C[C@H]2CCCO2)cc1. The Morgan fingerprint density at radius 3 is 2.92 bits per heavy atom. The molecule has 1 atom stereocenters. The first-order chi connectivity index (χ1) is 11.7. The van der Waals surface area contributed by atoms with Crippen molar-refractivity contribution in [1.82, 2.24) is 14.8 Å². The number of rotatable bonds is 6. The molecular weight excluding hydrogens is 330 g/mol. The summed E-state index contributed by atoms with van der Waals surface area (Å²) < 4.78 is 11.9. The molecule has 1 saturated heterocycles. The Balaban J connectivity index is 1.64. The fraction of sp³-hybridized carbons (Fsp3) is 0.438. The van der Waals surface area contributed by atoms with Crippen molar-refractivity contribution >= 4 is 17.7 Å². The van der Waals surface area contributed by atoms with E-state index in [2.05, 4.69) is 14.9 Å². The first-order valence-corrected chi connectivity index (χ1v) is 8.73. The molecule has 0 bridgehead atoms. The molecule has 1 N–H and O–H groups in total. The minimum absolute atomic E-state index is 0.0824. The molecule has 8 heteroatoms. The van der Waals surface area contributed by atoms with Crippen LogP contribution >= 0.6 is 11.8 Å². The van der Waals surface area contributed by atoms with Crippen LogP contribution in [0.5, 0.6) is 0 Å². The first kappa shape index (κ1) is 16.8. The molecule has 7 nitrogen and oxygen atoms in total. The summed E-state index contributed by atoms with van der Waals surface area (Å²) in [5.41, 5.74) is 1.34. The Morgan fingerprint density at radius 1 is 1.46 bits per heavy atom. The number of H-pyrrole nitrogens is 1. The lowest BCUT2D eigenvalue weighted by Crippen LogP contribution is -2.24. The van der Waals surface area contributed by atoms with Gasteiger partial charge in [0.05, 0.1) is 25.3 Å². The molecular formula is C16H19N3O4S. The molecule has 128 valence electrons. The van der Waals surface area contributed by atoms with Crippen molar-refractivity contribution < 1.29 is 14.3 Å². The molecule has 1 fully saturated rings. The molecule has 1 aliphatic heterocycles. The number of nitrogens with zero attached hydrogens (tertiary/aromatic N) is 2. The van der Waals surface area contributed by atoms with Gasteiger partial charge in [-0.3, -0.25) is 4.57 Å². The number of hydrogen-bond acceptors (Lipinski definition) is 6. The van der Waals surface area contributed by atoms with Gasteiger partial charge in [-0.2, -0.15) is 0 Å². The number of methoxy groups -OCH3 is 1. The quantitative estimate of drug-likeness (QED) is 0.632. The third kappa shape index (κ3) is 3.88. The lowest BCUT2D eigenvalue weighted by Gasteiger charge is -2.11. The molecule has 1 aliphatic rings. The minimum atomic E-state index is -0.355. The molecule has 24 heavy (non-hydrogen) atoms. The monoisotopic (exact) mass is 349 g/mol. The lowest BCUT2D eigenvalue weighted by atomic mass is 10.1. The molecule has 3 rings (SSSR count). The zero-order valence-corrected chi connectivity index (χ0v) is 14.2. The van der Waals surface area contributed by atoms with E-state index < -0.39 is 0 Å². The number of aromatic amines is 1. The highest BCUT2D eigenvalue weighted by atomic mass is 32.2. The minimum Gasteiger partial charge on any atom is -0.465 e. The van der Waals surface area contributed by atoms with E-state index in [0.717, 1.165) is 25.0 Å². The van der Waals surface area contributed by atoms with E-state index in [1.807, 2.05) is 12.1 Å². The predicted molar refractivity (Wildman–Crippen MR) is 89.2 cm³/mol. The van der Waals surface area contributed by atoms with Crippen molar-refractivity contribution in [2.45, 2.75) is 36.4 Å². The Hall–Kier alpha value is -2.06. The van der Waals surface area contributed by atoms with Crippen LogP contribution in [0.3, 0.4) is 0 Å². The summed E-state index contributed by atoms with van der Waals surface area (Å²) in [6.45, 7) is 1.28. The average molecular weight is 349 g/mol. The summed E-state index contributed by atoms with van der Waals surface area (Å²) in [5.74, 6) is 0.295. The number of carbonyl (C=O) groups excluding carboxylic acids is 1. The Labute approximate surface area is 143 Å². The average Bonchev–Trinajstić information content (AvgIpc) is 3.24. The summed E-state index contributed by atoms with van der Waals surface area (Å²) >= 11 is 1.47. The summed E-state index contributed by atoms with van der Waals surface area (Å²) in [5, 5.41) is 7.24. The van der Waals surface area contributed by atoms with Crippen LogP contribution < -0.4 is 5.69 Å². The third-order valence-corrected chi connectivity index (χ3v) is 4.92. The number of ether oxygens (including phenoxy) is 2. The standard InChI is InChI=1S/C16H19N3O4S/c1-22-14(20)12-6-4-11(5-7-12)10-24-16-18-17-15(21)19(16)9-13-3-2-8-23-13/h4-7,13H,2-3,8-10H2,1H3,(H,17,21)/t13-/m1/s1. The predicted octanol–water partition coefficient (Wildman–Crippen LogP) is 1.83. The topological polar surface area (TPSA) is 86.2 Å². The number of hydrogen-bond donors (Lipinski definition) is 1. The fourth-order valence-corrected chi connectivity index (χ4v) is 3.48. The Kier molecular flexibility index (Phi) is 5.37. The summed E-state index contributed by atoms with van der Waals surface area (Å²) in [7, 11) is 1.36. The van der Waals surface area contributed by atoms with E-state index in [0.29, 0.717) is 23.0 Å². The lowest BCUT2D eigenvalue weighted by molar-refractivity contribution is 0.0600. The zero-order valence-electron chi connectivity index (χ0n) is 13.4. The second-order valence-electron chi connectivity index (χ2n) is 5.53. The van der Waals surface area contributed by atoms with Crippen LogP contribution in [0.25, 0.3) is 0 Å². The van der Waals surface area contributed by atoms with Gasteiger partial charge < -0.3 is 9.47 Å². The van der Waals surface area contributed by atoms with Crippen molar-refractivity contribution in [2.75, 3.05) is 13.7 Å². The number of nitrogens with one attached hydrogen (secondary N) is 1. The van der Waals surface area contributed by atoms with Crippen LogP contribution in [0.4, 0.5) is 0 Å². The number of carbonyl (C=O) groups is 1. The molecule has 0 aliphatic carbocycles. The molecule has 0 unspecified atom stereocenters. The van der Waals surface area contributed by atoms with Gasteiger partial charge in [0.25, 0.3) is 0 Å². The number of thioether (sulfide) groups is 1. The maximum Gasteiger partial charge on any atom is 0.344 e. The largest absolute Gasteiger partial charge is 0.465 e. The fourth-order valence-electron chi connectivity index (χ4n) is 2.57.